The largest absolute Gasteiger partial charge is 0.507 e. The lowest BCUT2D eigenvalue weighted by molar-refractivity contribution is -0.139. The van der Waals surface area contributed by atoms with Crippen LogP contribution in [-0.2, 0) is 4.79 Å². The van der Waals surface area contributed by atoms with Crippen LogP contribution >= 0.6 is 0 Å². The van der Waals surface area contributed by atoms with Crippen molar-refractivity contribution in [1.29, 1.82) is 0 Å². The quantitative estimate of drug-likeness (QED) is 0.138. The number of hydrogen-bond donors (Lipinski definition) is 6. The first-order valence-corrected chi connectivity index (χ1v) is 12.9. The van der Waals surface area contributed by atoms with Crippen LogP contribution in [0.2, 0.25) is 0 Å². The normalized spacial score (nSPS) is 22.0. The van der Waals surface area contributed by atoms with Gasteiger partial charge in [0, 0.05) is 34.0 Å². The lowest BCUT2D eigenvalue weighted by Crippen LogP contribution is -2.33. The van der Waals surface area contributed by atoms with E-state index in [-0.39, 0.29) is 55.5 Å². The predicted octanol–water partition coefficient (Wildman–Crippen LogP) is 4.82. The second kappa shape index (κ2) is 8.72. The standard InChI is InChI=1S/C30H26O11/c1-9-11(3)39-19-5-13-21(15(31)7-17(33)23(13)27(36)25(19)26(9)35)22-14-6-20-29(41-30(38)10(2)12(4)40-20)28(37)24(14)18(34)8-16(22)32/h5-12,31-34,36-37H,1-4H3/t9-,10?,11?,12?/m1/s1. The van der Waals surface area contributed by atoms with Crippen LogP contribution in [-0.4, -0.2) is 54.6 Å². The third-order valence-corrected chi connectivity index (χ3v) is 8.11. The summed E-state index contributed by atoms with van der Waals surface area (Å²) < 4.78 is 17.2. The van der Waals surface area contributed by atoms with Crippen LogP contribution in [0.1, 0.15) is 38.1 Å². The smallest absolute Gasteiger partial charge is 0.318 e. The lowest BCUT2D eigenvalue weighted by atomic mass is 9.86. The topological polar surface area (TPSA) is 183 Å². The number of carbonyl (C=O) groups is 2. The van der Waals surface area contributed by atoms with E-state index in [9.17, 15) is 40.2 Å². The van der Waals surface area contributed by atoms with Crippen molar-refractivity contribution in [3.8, 4) is 62.9 Å². The zero-order valence-corrected chi connectivity index (χ0v) is 22.3. The minimum absolute atomic E-state index is 0.000591. The van der Waals surface area contributed by atoms with Crippen LogP contribution in [0.15, 0.2) is 24.3 Å². The second-order valence-electron chi connectivity index (χ2n) is 10.6. The Hall–Kier alpha value is -5.06. The molecule has 6 rings (SSSR count). The summed E-state index contributed by atoms with van der Waals surface area (Å²) in [5.41, 5.74) is -0.371. The van der Waals surface area contributed by atoms with E-state index in [0.717, 1.165) is 12.1 Å². The van der Waals surface area contributed by atoms with Gasteiger partial charge in [0.25, 0.3) is 0 Å². The van der Waals surface area contributed by atoms with Crippen LogP contribution in [0.25, 0.3) is 32.7 Å². The molecule has 2 aliphatic rings. The molecule has 11 heteroatoms. The van der Waals surface area contributed by atoms with Gasteiger partial charge < -0.3 is 44.8 Å². The molecule has 4 aromatic carbocycles. The number of benzene rings is 4. The average Bonchev–Trinajstić information content (AvgIpc) is 2.99. The van der Waals surface area contributed by atoms with Crippen molar-refractivity contribution in [2.45, 2.75) is 39.9 Å². The Kier molecular flexibility index (Phi) is 5.57. The van der Waals surface area contributed by atoms with Crippen molar-refractivity contribution in [1.82, 2.24) is 0 Å². The molecule has 0 aromatic heterocycles. The van der Waals surface area contributed by atoms with Gasteiger partial charge in [0.2, 0.25) is 5.75 Å². The number of esters is 1. The van der Waals surface area contributed by atoms with E-state index in [4.69, 9.17) is 14.2 Å². The molecule has 0 saturated heterocycles. The first-order chi connectivity index (χ1) is 19.3. The summed E-state index contributed by atoms with van der Waals surface area (Å²) in [6.45, 7) is 6.57. The van der Waals surface area contributed by atoms with Gasteiger partial charge in [0.05, 0.1) is 22.6 Å². The van der Waals surface area contributed by atoms with Gasteiger partial charge in [0.15, 0.2) is 17.3 Å². The van der Waals surface area contributed by atoms with Crippen LogP contribution in [0.4, 0.5) is 0 Å². The fraction of sp³-hybridized carbons (Fsp3) is 0.267. The number of ketones is 1. The van der Waals surface area contributed by atoms with Crippen molar-refractivity contribution in [2.75, 3.05) is 0 Å². The molecule has 41 heavy (non-hydrogen) atoms. The average molecular weight is 563 g/mol. The van der Waals surface area contributed by atoms with E-state index in [1.807, 2.05) is 0 Å². The van der Waals surface area contributed by atoms with E-state index in [1.165, 1.54) is 12.1 Å². The summed E-state index contributed by atoms with van der Waals surface area (Å²) >= 11 is 0. The van der Waals surface area contributed by atoms with Gasteiger partial charge in [-0.15, -0.1) is 0 Å². The van der Waals surface area contributed by atoms with Crippen molar-refractivity contribution >= 4 is 33.3 Å². The summed E-state index contributed by atoms with van der Waals surface area (Å²) in [5, 5.41) is 65.7. The molecule has 0 fully saturated rings. The molecular formula is C30H26O11. The maximum Gasteiger partial charge on any atom is 0.318 e. The molecular weight excluding hydrogens is 536 g/mol. The number of rotatable bonds is 1. The van der Waals surface area contributed by atoms with Gasteiger partial charge >= 0.3 is 5.97 Å². The molecule has 6 N–H and O–H groups in total. The molecule has 0 radical (unpaired) electrons. The fourth-order valence-corrected chi connectivity index (χ4v) is 5.48. The Morgan fingerprint density at radius 2 is 1.07 bits per heavy atom. The minimum atomic E-state index is -0.696. The Labute approximate surface area is 232 Å². The molecule has 0 saturated carbocycles. The highest BCUT2D eigenvalue weighted by Crippen LogP contribution is 2.56. The highest BCUT2D eigenvalue weighted by Gasteiger charge is 2.37. The molecule has 0 aliphatic carbocycles. The van der Waals surface area contributed by atoms with E-state index >= 15 is 0 Å². The van der Waals surface area contributed by atoms with Gasteiger partial charge in [-0.25, -0.2) is 0 Å². The summed E-state index contributed by atoms with van der Waals surface area (Å²) in [7, 11) is 0. The zero-order valence-electron chi connectivity index (χ0n) is 22.3. The number of hydrogen-bond acceptors (Lipinski definition) is 11. The van der Waals surface area contributed by atoms with E-state index < -0.39 is 70.3 Å². The summed E-state index contributed by atoms with van der Waals surface area (Å²) in [6, 6.07) is 4.56. The van der Waals surface area contributed by atoms with Crippen molar-refractivity contribution < 1.29 is 54.4 Å². The fourth-order valence-electron chi connectivity index (χ4n) is 5.48. The molecule has 0 amide bonds. The monoisotopic (exact) mass is 562 g/mol. The van der Waals surface area contributed by atoms with Crippen molar-refractivity contribution in [3.63, 3.8) is 0 Å². The van der Waals surface area contributed by atoms with Crippen LogP contribution in [0, 0.1) is 11.8 Å². The van der Waals surface area contributed by atoms with E-state index in [1.54, 1.807) is 27.7 Å². The number of carbonyl (C=O) groups excluding carboxylic acids is 2. The molecule has 4 aromatic rings. The van der Waals surface area contributed by atoms with Gasteiger partial charge in [-0.2, -0.15) is 0 Å². The second-order valence-corrected chi connectivity index (χ2v) is 10.6. The minimum Gasteiger partial charge on any atom is -0.507 e. The maximum absolute atomic E-state index is 13.0. The molecule has 2 heterocycles. The SMILES string of the molecule is CC1Oc2cc3c(-c4c(O)cc(O)c5c(O)c6c(cc45)OC(C)[C@@H](C)C6=O)c(O)cc(O)c3c(O)c2OC(=O)C1C. The molecule has 2 aliphatic heterocycles. The Bertz CT molecular complexity index is 1840. The van der Waals surface area contributed by atoms with E-state index in [2.05, 4.69) is 0 Å². The molecule has 0 bridgehead atoms. The van der Waals surface area contributed by atoms with Crippen LogP contribution < -0.4 is 14.2 Å². The number of phenolic OH excluding ortho intramolecular Hbond substituents is 6. The number of phenols is 6. The molecule has 0 spiro atoms. The van der Waals surface area contributed by atoms with E-state index in [0.29, 0.717) is 0 Å². The molecule has 3 unspecified atom stereocenters. The van der Waals surface area contributed by atoms with Crippen molar-refractivity contribution in [2.24, 2.45) is 11.8 Å². The van der Waals surface area contributed by atoms with Gasteiger partial charge in [-0.1, -0.05) is 6.92 Å². The Morgan fingerprint density at radius 1 is 0.585 bits per heavy atom. The maximum atomic E-state index is 13.0. The molecule has 212 valence electrons. The third kappa shape index (κ3) is 3.58. The van der Waals surface area contributed by atoms with Gasteiger partial charge in [-0.3, -0.25) is 9.59 Å². The first kappa shape index (κ1) is 26.2. The summed E-state index contributed by atoms with van der Waals surface area (Å²) in [4.78, 5) is 25.6. The Morgan fingerprint density at radius 3 is 1.66 bits per heavy atom. The van der Waals surface area contributed by atoms with Gasteiger partial charge in [0.1, 0.15) is 52.3 Å². The molecule has 11 nitrogen and oxygen atoms in total. The Balaban J connectivity index is 1.74. The highest BCUT2D eigenvalue weighted by atomic mass is 16.6. The number of ether oxygens (including phenoxy) is 3. The number of fused-ring (bicyclic) bond motifs is 4. The first-order valence-electron chi connectivity index (χ1n) is 12.9. The number of aromatic hydroxyl groups is 6. The molecule has 4 atom stereocenters. The van der Waals surface area contributed by atoms with Crippen LogP contribution in [0.5, 0.6) is 51.7 Å². The third-order valence-electron chi connectivity index (χ3n) is 8.11. The highest BCUT2D eigenvalue weighted by molar-refractivity contribution is 6.18. The summed E-state index contributed by atoms with van der Waals surface area (Å²) in [6.07, 6.45) is -1.21. The zero-order chi connectivity index (χ0) is 29.7. The lowest BCUT2D eigenvalue weighted by Gasteiger charge is -2.29. The summed E-state index contributed by atoms with van der Waals surface area (Å²) in [5.74, 6) is -6.12. The number of Topliss-reactive ketones (excluding diaryl/α,β-unsaturated/α-hetero) is 1. The van der Waals surface area contributed by atoms with Crippen molar-refractivity contribution in [3.05, 3.63) is 29.8 Å². The van der Waals surface area contributed by atoms with Gasteiger partial charge in [-0.05, 0) is 32.9 Å². The predicted molar refractivity (Wildman–Crippen MR) is 145 cm³/mol. The van der Waals surface area contributed by atoms with Crippen LogP contribution in [0.3, 0.4) is 0 Å².